The summed E-state index contributed by atoms with van der Waals surface area (Å²) >= 11 is 0. The quantitative estimate of drug-likeness (QED) is 0.281. The minimum atomic E-state index is -1.66. The summed E-state index contributed by atoms with van der Waals surface area (Å²) in [5, 5.41) is 0.236. The van der Waals surface area contributed by atoms with Gasteiger partial charge in [0.15, 0.2) is 8.32 Å². The molecule has 158 valence electrons. The smallest absolute Gasteiger partial charge is 0.192 e. The summed E-state index contributed by atoms with van der Waals surface area (Å²) in [7, 11) is -1.66. The first-order valence-corrected chi connectivity index (χ1v) is 12.4. The van der Waals surface area contributed by atoms with Gasteiger partial charge in [0.2, 0.25) is 0 Å². The Morgan fingerprint density at radius 1 is 0.577 bits per heavy atom. The van der Waals surface area contributed by atoms with Crippen LogP contribution in [-0.2, 0) is 28.1 Å². The van der Waals surface area contributed by atoms with E-state index >= 15 is 0 Å². The maximum atomic E-state index is 6.04. The third-order valence-electron chi connectivity index (χ3n) is 4.25. The van der Waals surface area contributed by atoms with Gasteiger partial charge in [-0.25, -0.2) is 0 Å². The Bertz CT molecular complexity index is 313. The van der Waals surface area contributed by atoms with Crippen LogP contribution in [0.1, 0.15) is 20.8 Å². The molecule has 8 heteroatoms. The highest BCUT2D eigenvalue weighted by molar-refractivity contribution is 6.74. The highest BCUT2D eigenvalue weighted by atomic mass is 28.4. The molecule has 0 saturated heterocycles. The predicted octanol–water partition coefficient (Wildman–Crippen LogP) is 2.05. The number of hydrogen-bond acceptors (Lipinski definition) is 7. The van der Waals surface area contributed by atoms with Crippen molar-refractivity contribution in [1.29, 1.82) is 0 Å². The number of rotatable bonds is 18. The molecule has 7 nitrogen and oxygen atoms in total. The number of hydrogen-bond donors (Lipinski definition) is 1. The fourth-order valence-corrected chi connectivity index (χ4v) is 2.66. The van der Waals surface area contributed by atoms with Crippen LogP contribution in [0.25, 0.3) is 0 Å². The Morgan fingerprint density at radius 3 is 1.19 bits per heavy atom. The molecule has 0 unspecified atom stereocenters. The fourth-order valence-electron chi connectivity index (χ4n) is 1.64. The molecule has 26 heavy (non-hydrogen) atoms. The van der Waals surface area contributed by atoms with Crippen molar-refractivity contribution in [2.75, 3.05) is 79.2 Å². The van der Waals surface area contributed by atoms with E-state index < -0.39 is 8.32 Å². The third-order valence-corrected chi connectivity index (χ3v) is 8.79. The molecule has 0 saturated carbocycles. The van der Waals surface area contributed by atoms with E-state index in [-0.39, 0.29) is 5.04 Å². The Labute approximate surface area is 160 Å². The maximum absolute atomic E-state index is 6.04. The fraction of sp³-hybridized carbons (Fsp3) is 1.00. The Kier molecular flexibility index (Phi) is 15.9. The van der Waals surface area contributed by atoms with Crippen LogP contribution in [0.4, 0.5) is 0 Å². The van der Waals surface area contributed by atoms with Gasteiger partial charge < -0.3 is 33.8 Å². The first-order chi connectivity index (χ1) is 12.3. The van der Waals surface area contributed by atoms with Crippen LogP contribution < -0.4 is 5.73 Å². The minimum Gasteiger partial charge on any atom is -0.414 e. The van der Waals surface area contributed by atoms with Crippen LogP contribution in [0, 0.1) is 0 Å². The predicted molar refractivity (Wildman–Crippen MR) is 106 cm³/mol. The molecule has 0 aromatic heterocycles. The van der Waals surface area contributed by atoms with E-state index in [1.165, 1.54) is 0 Å². The molecule has 0 atom stereocenters. The van der Waals surface area contributed by atoms with E-state index in [1.54, 1.807) is 0 Å². The summed E-state index contributed by atoms with van der Waals surface area (Å²) in [6, 6.07) is 0. The summed E-state index contributed by atoms with van der Waals surface area (Å²) in [4.78, 5) is 0. The van der Waals surface area contributed by atoms with Crippen LogP contribution in [0.3, 0.4) is 0 Å². The van der Waals surface area contributed by atoms with Gasteiger partial charge in [0, 0.05) is 6.54 Å². The maximum Gasteiger partial charge on any atom is 0.192 e. The van der Waals surface area contributed by atoms with Crippen molar-refractivity contribution in [3.8, 4) is 0 Å². The van der Waals surface area contributed by atoms with Crippen molar-refractivity contribution in [3.05, 3.63) is 0 Å². The second-order valence-electron chi connectivity index (χ2n) is 7.46. The second kappa shape index (κ2) is 15.9. The van der Waals surface area contributed by atoms with Crippen LogP contribution in [0.15, 0.2) is 0 Å². The average molecular weight is 396 g/mol. The molecule has 0 radical (unpaired) electrons. The lowest BCUT2D eigenvalue weighted by molar-refractivity contribution is -0.0125. The summed E-state index contributed by atoms with van der Waals surface area (Å²) in [5.74, 6) is 0. The number of nitrogens with two attached hydrogens (primary N) is 1. The SMILES string of the molecule is CC(C)(C)[Si](C)(C)OCCOCCOCCOCCOCCOCCN. The van der Waals surface area contributed by atoms with Crippen LogP contribution in [0.2, 0.25) is 18.1 Å². The van der Waals surface area contributed by atoms with Gasteiger partial charge >= 0.3 is 0 Å². The minimum absolute atomic E-state index is 0.236. The van der Waals surface area contributed by atoms with Crippen molar-refractivity contribution in [2.45, 2.75) is 38.9 Å². The normalized spacial score (nSPS) is 12.7. The molecule has 0 bridgehead atoms. The van der Waals surface area contributed by atoms with E-state index in [1.807, 2.05) is 0 Å². The Morgan fingerprint density at radius 2 is 0.885 bits per heavy atom. The van der Waals surface area contributed by atoms with Gasteiger partial charge in [-0.1, -0.05) is 20.8 Å². The molecule has 0 aliphatic rings. The molecular weight excluding hydrogens is 354 g/mol. The Balaban J connectivity index is 3.21. The lowest BCUT2D eigenvalue weighted by Gasteiger charge is -2.36. The summed E-state index contributed by atoms with van der Waals surface area (Å²) < 4.78 is 33.0. The van der Waals surface area contributed by atoms with Crippen molar-refractivity contribution < 1.29 is 28.1 Å². The van der Waals surface area contributed by atoms with Crippen LogP contribution >= 0.6 is 0 Å². The molecule has 0 aromatic rings. The molecule has 2 N–H and O–H groups in total. The van der Waals surface area contributed by atoms with E-state index in [9.17, 15) is 0 Å². The molecule has 0 spiro atoms. The van der Waals surface area contributed by atoms with E-state index in [0.717, 1.165) is 0 Å². The first-order valence-electron chi connectivity index (χ1n) is 9.54. The summed E-state index contributed by atoms with van der Waals surface area (Å²) in [5.41, 5.74) is 5.31. The number of ether oxygens (including phenoxy) is 5. The van der Waals surface area contributed by atoms with Gasteiger partial charge in [0.05, 0.1) is 72.7 Å². The summed E-state index contributed by atoms with van der Waals surface area (Å²) in [6.45, 7) is 18.1. The molecular formula is C18H41NO6Si. The zero-order valence-corrected chi connectivity index (χ0v) is 18.5. The van der Waals surface area contributed by atoms with Gasteiger partial charge in [0.25, 0.3) is 0 Å². The van der Waals surface area contributed by atoms with E-state index in [2.05, 4.69) is 33.9 Å². The zero-order chi connectivity index (χ0) is 19.7. The molecule has 0 rings (SSSR count). The summed E-state index contributed by atoms with van der Waals surface area (Å²) in [6.07, 6.45) is 0. The average Bonchev–Trinajstić information content (AvgIpc) is 2.56. The molecule has 0 aliphatic carbocycles. The van der Waals surface area contributed by atoms with Crippen molar-refractivity contribution >= 4 is 8.32 Å². The molecule has 0 amide bonds. The largest absolute Gasteiger partial charge is 0.414 e. The lowest BCUT2D eigenvalue weighted by Crippen LogP contribution is -2.41. The molecule has 0 fully saturated rings. The van der Waals surface area contributed by atoms with Gasteiger partial charge in [-0.2, -0.15) is 0 Å². The first kappa shape index (κ1) is 25.9. The lowest BCUT2D eigenvalue weighted by atomic mass is 10.2. The van der Waals surface area contributed by atoms with Crippen LogP contribution in [-0.4, -0.2) is 87.5 Å². The van der Waals surface area contributed by atoms with Crippen molar-refractivity contribution in [3.63, 3.8) is 0 Å². The third kappa shape index (κ3) is 15.0. The standard InChI is InChI=1S/C18H41NO6Si/c1-18(2,3)26(4,5)25-17-16-24-15-14-23-13-12-22-11-10-21-9-8-20-7-6-19/h6-17,19H2,1-5H3. The zero-order valence-electron chi connectivity index (χ0n) is 17.5. The second-order valence-corrected chi connectivity index (χ2v) is 12.3. The van der Waals surface area contributed by atoms with Gasteiger partial charge in [-0.3, -0.25) is 0 Å². The van der Waals surface area contributed by atoms with Crippen LogP contribution in [0.5, 0.6) is 0 Å². The van der Waals surface area contributed by atoms with Crippen molar-refractivity contribution in [1.82, 2.24) is 0 Å². The van der Waals surface area contributed by atoms with E-state index in [4.69, 9.17) is 33.8 Å². The highest BCUT2D eigenvalue weighted by Crippen LogP contribution is 2.36. The molecule has 0 aromatic carbocycles. The van der Waals surface area contributed by atoms with Gasteiger partial charge in [-0.05, 0) is 18.1 Å². The molecule has 0 heterocycles. The Hall–Kier alpha value is -0.0631. The van der Waals surface area contributed by atoms with E-state index in [0.29, 0.717) is 79.2 Å². The highest BCUT2D eigenvalue weighted by Gasteiger charge is 2.36. The van der Waals surface area contributed by atoms with Gasteiger partial charge in [0.1, 0.15) is 0 Å². The monoisotopic (exact) mass is 395 g/mol. The van der Waals surface area contributed by atoms with Crippen molar-refractivity contribution in [2.24, 2.45) is 5.73 Å². The topological polar surface area (TPSA) is 81.4 Å². The van der Waals surface area contributed by atoms with Gasteiger partial charge in [-0.15, -0.1) is 0 Å². The molecule has 0 aliphatic heterocycles.